The van der Waals surface area contributed by atoms with Crippen molar-refractivity contribution in [2.45, 2.75) is 63.6 Å². The van der Waals surface area contributed by atoms with E-state index in [2.05, 4.69) is 30.4 Å². The number of nitrogens with zero attached hydrogens (tertiary/aromatic N) is 4. The number of carbonyl (C=O) groups is 2. The van der Waals surface area contributed by atoms with Gasteiger partial charge in [0.2, 0.25) is 12.2 Å². The van der Waals surface area contributed by atoms with Gasteiger partial charge < -0.3 is 35.5 Å². The molecule has 0 radical (unpaired) electrons. The van der Waals surface area contributed by atoms with Gasteiger partial charge in [-0.3, -0.25) is 13.7 Å². The number of ether oxygens (including phenoxy) is 3. The van der Waals surface area contributed by atoms with Crippen LogP contribution in [0.2, 0.25) is 0 Å². The molecule has 0 bridgehead atoms. The number of nitrogens with two attached hydrogens (primary N) is 1. The molecule has 1 aliphatic heterocycles. The standard InChI is InChI=1S/C34H41N8O9P/c1-4-48-30(44)24(20-12-8-6-9-13-20)40-52(47,41-25(31(45)49-5-2)21-14-10-7-11-15-21)50-18-23-27(43)34(3,46)32(51-23)42-19-36-26-28(37-22-16-17-22)38-33(35)39-29(26)42/h6-15,19,22,24-25,32,43,46H,4-5,16-18H2,1-3H3,(H2,40,41,47)(H3,35,37,38,39)/t24-,25-,32+,34?/m0/s1. The number of aromatic nitrogens is 4. The number of imidazole rings is 1. The smallest absolute Gasteiger partial charge is 0.343 e. The lowest BCUT2D eigenvalue weighted by Gasteiger charge is -2.29. The van der Waals surface area contributed by atoms with Gasteiger partial charge in [-0.25, -0.2) is 24.7 Å². The van der Waals surface area contributed by atoms with Crippen LogP contribution in [0.5, 0.6) is 0 Å². The van der Waals surface area contributed by atoms with Crippen LogP contribution in [-0.4, -0.2) is 73.1 Å². The van der Waals surface area contributed by atoms with E-state index >= 15 is 0 Å². The van der Waals surface area contributed by atoms with E-state index in [1.807, 2.05) is 0 Å². The number of carbonyl (C=O) groups excluding carboxylic acids is 2. The number of benzene rings is 2. The van der Waals surface area contributed by atoms with Gasteiger partial charge in [-0.1, -0.05) is 60.7 Å². The third kappa shape index (κ3) is 7.88. The van der Waals surface area contributed by atoms with Crippen molar-refractivity contribution in [1.82, 2.24) is 29.7 Å². The van der Waals surface area contributed by atoms with E-state index in [0.717, 1.165) is 12.8 Å². The number of esters is 2. The molecule has 2 aromatic heterocycles. The van der Waals surface area contributed by atoms with Gasteiger partial charge in [-0.05, 0) is 44.7 Å². The molecule has 2 aromatic carbocycles. The van der Waals surface area contributed by atoms with Gasteiger partial charge in [0.1, 0.15) is 25.0 Å². The molecule has 18 heteroatoms. The maximum Gasteiger partial charge on any atom is 0.343 e. The number of rotatable bonds is 16. The molecular weight excluding hydrogens is 695 g/mol. The summed E-state index contributed by atoms with van der Waals surface area (Å²) >= 11 is 0. The highest BCUT2D eigenvalue weighted by atomic mass is 31.2. The highest BCUT2D eigenvalue weighted by Crippen LogP contribution is 2.47. The predicted molar refractivity (Wildman–Crippen MR) is 188 cm³/mol. The lowest BCUT2D eigenvalue weighted by molar-refractivity contribution is -0.145. The van der Waals surface area contributed by atoms with Crippen molar-refractivity contribution in [3.05, 3.63) is 89.6 Å². The van der Waals surface area contributed by atoms with Crippen molar-refractivity contribution in [3.8, 4) is 0 Å². The Labute approximate surface area is 299 Å². The third-order valence-corrected chi connectivity index (χ3v) is 10.1. The molecule has 1 unspecified atom stereocenters. The van der Waals surface area contributed by atoms with Crippen molar-refractivity contribution in [1.29, 1.82) is 0 Å². The van der Waals surface area contributed by atoms with Crippen LogP contribution in [0.4, 0.5) is 11.8 Å². The van der Waals surface area contributed by atoms with Gasteiger partial charge in [0.05, 0.1) is 13.2 Å². The van der Waals surface area contributed by atoms with Crippen LogP contribution in [0.3, 0.4) is 0 Å². The van der Waals surface area contributed by atoms with Gasteiger partial charge in [0.15, 0.2) is 34.1 Å². The zero-order chi connectivity index (χ0) is 37.0. The number of nitrogens with one attached hydrogen (secondary N) is 3. The van der Waals surface area contributed by atoms with E-state index in [0.29, 0.717) is 22.5 Å². The summed E-state index contributed by atoms with van der Waals surface area (Å²) in [5.74, 6) is -2.07. The first-order chi connectivity index (χ1) is 24.9. The SMILES string of the molecule is CCOC(=O)[C@@H](NP(=O)(N[C@H](C(=O)OCC)c1ccccc1)OCC1=C(O)C(C)(O)[C@H](n2cnc3c(NC4CC4)nc(N)nc32)O1)c1ccccc1. The molecule has 276 valence electrons. The fraction of sp³-hybridized carbons (Fsp3) is 0.382. The molecule has 3 heterocycles. The summed E-state index contributed by atoms with van der Waals surface area (Å²) in [4.78, 5) is 39.6. The average molecular weight is 737 g/mol. The Kier molecular flexibility index (Phi) is 10.8. The number of hydrogen-bond donors (Lipinski definition) is 6. The second-order valence-electron chi connectivity index (χ2n) is 12.3. The van der Waals surface area contributed by atoms with Crippen LogP contribution >= 0.6 is 7.67 Å². The van der Waals surface area contributed by atoms with Crippen molar-refractivity contribution in [2.24, 2.45) is 0 Å². The molecule has 0 saturated heterocycles. The Morgan fingerprint density at radius 3 is 2.08 bits per heavy atom. The van der Waals surface area contributed by atoms with E-state index in [1.54, 1.807) is 74.5 Å². The summed E-state index contributed by atoms with van der Waals surface area (Å²) in [5.41, 5.74) is 5.34. The molecule has 4 aromatic rings. The number of hydrogen-bond acceptors (Lipinski definition) is 14. The first-order valence-electron chi connectivity index (χ1n) is 16.8. The highest BCUT2D eigenvalue weighted by Gasteiger charge is 2.49. The van der Waals surface area contributed by atoms with Gasteiger partial charge in [0.25, 0.3) is 0 Å². The summed E-state index contributed by atoms with van der Waals surface area (Å²) in [6, 6.07) is 14.3. The van der Waals surface area contributed by atoms with Crippen molar-refractivity contribution in [2.75, 3.05) is 30.9 Å². The molecule has 0 amide bonds. The molecule has 0 spiro atoms. The minimum Gasteiger partial charge on any atom is -0.506 e. The average Bonchev–Trinajstić information content (AvgIpc) is 3.80. The number of nitrogen functional groups attached to an aromatic ring is 1. The summed E-state index contributed by atoms with van der Waals surface area (Å²) in [6.45, 7) is 3.92. The largest absolute Gasteiger partial charge is 0.506 e. The van der Waals surface area contributed by atoms with Gasteiger partial charge >= 0.3 is 19.6 Å². The van der Waals surface area contributed by atoms with Crippen LogP contribution in [-0.2, 0) is 32.9 Å². The number of anilines is 2. The van der Waals surface area contributed by atoms with Crippen LogP contribution < -0.4 is 21.2 Å². The van der Waals surface area contributed by atoms with Crippen molar-refractivity contribution in [3.63, 3.8) is 0 Å². The zero-order valence-corrected chi connectivity index (χ0v) is 29.7. The van der Waals surface area contributed by atoms with Crippen molar-refractivity contribution >= 4 is 42.5 Å². The molecule has 4 atom stereocenters. The second-order valence-corrected chi connectivity index (χ2v) is 14.2. The van der Waals surface area contributed by atoms with E-state index in [9.17, 15) is 24.4 Å². The van der Waals surface area contributed by atoms with Gasteiger partial charge in [0, 0.05) is 6.04 Å². The third-order valence-electron chi connectivity index (χ3n) is 8.37. The lowest BCUT2D eigenvalue weighted by atomic mass is 10.0. The Morgan fingerprint density at radius 2 is 1.56 bits per heavy atom. The normalized spacial score (nSPS) is 20.0. The minimum absolute atomic E-state index is 0.0284. The maximum atomic E-state index is 14.9. The topological polar surface area (TPSA) is 234 Å². The summed E-state index contributed by atoms with van der Waals surface area (Å²) in [6.07, 6.45) is 1.99. The lowest BCUT2D eigenvalue weighted by Crippen LogP contribution is -2.37. The number of fused-ring (bicyclic) bond motifs is 1. The van der Waals surface area contributed by atoms with Gasteiger partial charge in [-0.2, -0.15) is 9.97 Å². The number of aliphatic hydroxyl groups excluding tert-OH is 1. The van der Waals surface area contributed by atoms with Crippen LogP contribution in [0.15, 0.2) is 78.5 Å². The van der Waals surface area contributed by atoms with E-state index in [-0.39, 0.29) is 36.6 Å². The molecule has 1 fully saturated rings. The first-order valence-corrected chi connectivity index (χ1v) is 18.4. The highest BCUT2D eigenvalue weighted by molar-refractivity contribution is 7.54. The quantitative estimate of drug-likeness (QED) is 0.0706. The molecule has 6 rings (SSSR count). The summed E-state index contributed by atoms with van der Waals surface area (Å²) < 4.78 is 38.9. The van der Waals surface area contributed by atoms with E-state index in [4.69, 9.17) is 24.5 Å². The van der Waals surface area contributed by atoms with Crippen LogP contribution in [0.1, 0.15) is 63.1 Å². The minimum atomic E-state index is -4.55. The molecule has 2 aliphatic rings. The zero-order valence-electron chi connectivity index (χ0n) is 28.8. The summed E-state index contributed by atoms with van der Waals surface area (Å²) in [7, 11) is -4.55. The monoisotopic (exact) mass is 736 g/mol. The molecule has 52 heavy (non-hydrogen) atoms. The first kappa shape index (κ1) is 36.7. The molecular formula is C34H41N8O9P. The molecule has 17 nitrogen and oxygen atoms in total. The summed E-state index contributed by atoms with van der Waals surface area (Å²) in [5, 5.41) is 31.6. The molecule has 1 saturated carbocycles. The molecule has 1 aliphatic carbocycles. The Bertz CT molecular complexity index is 1920. The van der Waals surface area contributed by atoms with E-state index < -0.39 is 55.9 Å². The fourth-order valence-electron chi connectivity index (χ4n) is 5.63. The van der Waals surface area contributed by atoms with Crippen LogP contribution in [0.25, 0.3) is 11.2 Å². The maximum absolute atomic E-state index is 14.9. The Hall–Kier alpha value is -5.06. The number of aliphatic hydroxyl groups is 2. The van der Waals surface area contributed by atoms with Gasteiger partial charge in [-0.15, -0.1) is 0 Å². The second kappa shape index (κ2) is 15.3. The van der Waals surface area contributed by atoms with Crippen LogP contribution in [0, 0.1) is 0 Å². The van der Waals surface area contributed by atoms with Crippen molar-refractivity contribution < 1.29 is 43.1 Å². The Balaban J connectivity index is 1.32. The fourth-order valence-corrected chi connectivity index (χ4v) is 7.34. The Morgan fingerprint density at radius 1 is 1.00 bits per heavy atom. The molecule has 7 N–H and O–H groups in total. The van der Waals surface area contributed by atoms with E-state index in [1.165, 1.54) is 17.8 Å². The predicted octanol–water partition coefficient (Wildman–Crippen LogP) is 3.94.